The molecule has 0 aliphatic carbocycles. The van der Waals surface area contributed by atoms with Gasteiger partial charge in [0.25, 0.3) is 0 Å². The van der Waals surface area contributed by atoms with E-state index in [1.165, 1.54) is 16.5 Å². The highest BCUT2D eigenvalue weighted by molar-refractivity contribution is 6.99. The van der Waals surface area contributed by atoms with Crippen molar-refractivity contribution in [3.63, 3.8) is 0 Å². The Kier molecular flexibility index (Phi) is 8.54. The summed E-state index contributed by atoms with van der Waals surface area (Å²) in [6, 6.07) is 11.9. The van der Waals surface area contributed by atoms with E-state index < -0.39 is 16.1 Å². The minimum atomic E-state index is -1.91. The highest BCUT2D eigenvalue weighted by atomic mass is 28.3. The predicted molar refractivity (Wildman–Crippen MR) is 152 cm³/mol. The van der Waals surface area contributed by atoms with Crippen molar-refractivity contribution in [3.8, 4) is 5.75 Å². The van der Waals surface area contributed by atoms with Gasteiger partial charge in [-0.25, -0.2) is 0 Å². The Morgan fingerprint density at radius 3 is 1.28 bits per heavy atom. The van der Waals surface area contributed by atoms with Crippen LogP contribution in [0.5, 0.6) is 5.75 Å². The summed E-state index contributed by atoms with van der Waals surface area (Å²) in [7, 11) is -1.85. The Bertz CT molecular complexity index is 865. The van der Waals surface area contributed by atoms with E-state index in [4.69, 9.17) is 4.74 Å². The molecule has 0 aliphatic heterocycles. The Hall–Kier alpha value is -1.07. The minimum absolute atomic E-state index is 0.646. The molecule has 0 amide bonds. The molecule has 3 heteroatoms. The first-order chi connectivity index (χ1) is 14.8. The van der Waals surface area contributed by atoms with Gasteiger partial charge in [-0.3, -0.25) is 0 Å². The van der Waals surface area contributed by atoms with E-state index in [0.717, 1.165) is 0 Å². The van der Waals surface area contributed by atoms with Gasteiger partial charge >= 0.3 is 0 Å². The topological polar surface area (TPSA) is 9.23 Å². The summed E-state index contributed by atoms with van der Waals surface area (Å²) in [5.41, 5.74) is 3.95. The molecule has 0 bridgehead atoms. The van der Waals surface area contributed by atoms with Gasteiger partial charge in [0.2, 0.25) is 0 Å². The summed E-state index contributed by atoms with van der Waals surface area (Å²) in [4.78, 5) is 0. The van der Waals surface area contributed by atoms with Gasteiger partial charge in [-0.1, -0.05) is 107 Å². The van der Waals surface area contributed by atoms with Crippen LogP contribution in [-0.4, -0.2) is 23.3 Å². The van der Waals surface area contributed by atoms with Crippen LogP contribution in [0.4, 0.5) is 0 Å². The average Bonchev–Trinajstić information content (AvgIpc) is 2.68. The normalized spacial score (nSPS) is 13.6. The van der Waals surface area contributed by atoms with Crippen LogP contribution >= 0.6 is 0 Å². The number of ether oxygens (including phenoxy) is 1. The molecule has 0 fully saturated rings. The number of methoxy groups -OCH3 is 1. The molecule has 0 saturated carbocycles. The van der Waals surface area contributed by atoms with Crippen LogP contribution < -0.4 is 15.1 Å². The van der Waals surface area contributed by atoms with Gasteiger partial charge in [0.1, 0.15) is 5.75 Å². The van der Waals surface area contributed by atoms with E-state index in [2.05, 4.69) is 113 Å². The van der Waals surface area contributed by atoms with Gasteiger partial charge in [0.15, 0.2) is 0 Å². The average molecular weight is 471 g/mol. The Balaban J connectivity index is 3.20. The smallest absolute Gasteiger partial charge is 0.118 e. The van der Waals surface area contributed by atoms with Crippen LogP contribution in [0.15, 0.2) is 30.3 Å². The van der Waals surface area contributed by atoms with Crippen LogP contribution in [0.2, 0.25) is 33.2 Å². The van der Waals surface area contributed by atoms with Crippen LogP contribution in [0.3, 0.4) is 0 Å². The van der Waals surface area contributed by atoms with Crippen molar-refractivity contribution in [3.05, 3.63) is 30.3 Å². The first-order valence-electron chi connectivity index (χ1n) is 12.9. The first-order valence-corrected chi connectivity index (χ1v) is 17.4. The zero-order valence-corrected chi connectivity index (χ0v) is 25.3. The predicted octanol–water partition coefficient (Wildman–Crippen LogP) is 8.62. The third-order valence-electron chi connectivity index (χ3n) is 8.86. The van der Waals surface area contributed by atoms with Crippen LogP contribution in [0.25, 0.3) is 10.8 Å². The lowest BCUT2D eigenvalue weighted by Gasteiger charge is -2.47. The maximum Gasteiger partial charge on any atom is 0.118 e. The second-order valence-corrected chi connectivity index (χ2v) is 23.5. The molecule has 1 nitrogen and oxygen atoms in total. The van der Waals surface area contributed by atoms with Crippen molar-refractivity contribution in [1.82, 2.24) is 0 Å². The van der Waals surface area contributed by atoms with Gasteiger partial charge in [-0.05, 0) is 60.5 Å². The highest BCUT2D eigenvalue weighted by Crippen LogP contribution is 2.46. The fourth-order valence-electron chi connectivity index (χ4n) is 8.11. The van der Waals surface area contributed by atoms with Gasteiger partial charge in [0.05, 0.1) is 23.3 Å². The molecule has 32 heavy (non-hydrogen) atoms. The van der Waals surface area contributed by atoms with Crippen LogP contribution in [-0.2, 0) is 0 Å². The van der Waals surface area contributed by atoms with Gasteiger partial charge in [-0.15, -0.1) is 0 Å². The maximum atomic E-state index is 6.34. The summed E-state index contributed by atoms with van der Waals surface area (Å²) >= 11 is 0. The third-order valence-corrected chi connectivity index (χ3v) is 23.1. The summed E-state index contributed by atoms with van der Waals surface area (Å²) < 4.78 is 6.34. The standard InChI is InChI=1S/C29H50OSi2/c1-19(2)31(20(3)4,21(5)6)28-18-27(30-13)29(26-17-15-14-16-25(26)28)32(22(7)8,23(9)10)24(11)12/h14-24H,1-13H3. The molecule has 0 N–H and O–H groups in total. The molecule has 0 saturated heterocycles. The molecule has 0 aliphatic rings. The number of hydrogen-bond acceptors (Lipinski definition) is 1. The van der Waals surface area contributed by atoms with E-state index in [-0.39, 0.29) is 0 Å². The zero-order valence-electron chi connectivity index (χ0n) is 23.3. The minimum Gasteiger partial charge on any atom is -0.497 e. The molecule has 2 aromatic carbocycles. The molecule has 0 atom stereocenters. The van der Waals surface area contributed by atoms with Gasteiger partial charge in [-0.2, -0.15) is 0 Å². The molecule has 0 heterocycles. The SMILES string of the molecule is COc1cc([Si](C(C)C)(C(C)C)C(C)C)c2ccccc2c1[Si](C(C)C)(C(C)C)C(C)C. The lowest BCUT2D eigenvalue weighted by atomic mass is 10.1. The lowest BCUT2D eigenvalue weighted by Crippen LogP contribution is -2.59. The fourth-order valence-corrected chi connectivity index (χ4v) is 22.1. The number of hydrogen-bond donors (Lipinski definition) is 0. The Labute approximate surface area is 201 Å². The largest absolute Gasteiger partial charge is 0.497 e. The molecule has 0 spiro atoms. The van der Waals surface area contributed by atoms with Crippen molar-refractivity contribution >= 4 is 37.3 Å². The number of rotatable bonds is 9. The molecule has 0 aromatic heterocycles. The second-order valence-electron chi connectivity index (χ2n) is 11.8. The monoisotopic (exact) mass is 470 g/mol. The van der Waals surface area contributed by atoms with E-state index in [1.54, 1.807) is 10.4 Å². The second kappa shape index (κ2) is 10.1. The van der Waals surface area contributed by atoms with E-state index in [0.29, 0.717) is 33.2 Å². The summed E-state index contributed by atoms with van der Waals surface area (Å²) in [5.74, 6) is 1.17. The van der Waals surface area contributed by atoms with Gasteiger partial charge in [0, 0.05) is 0 Å². The summed E-state index contributed by atoms with van der Waals surface area (Å²) in [6.07, 6.45) is 0. The third kappa shape index (κ3) is 3.92. The molecule has 180 valence electrons. The molecular formula is C29H50OSi2. The van der Waals surface area contributed by atoms with Crippen molar-refractivity contribution < 1.29 is 4.74 Å². The summed E-state index contributed by atoms with van der Waals surface area (Å²) in [5, 5.41) is 6.17. The molecular weight excluding hydrogens is 420 g/mol. The first kappa shape index (κ1) is 27.2. The quantitative estimate of drug-likeness (QED) is 0.333. The highest BCUT2D eigenvalue weighted by Gasteiger charge is 2.50. The van der Waals surface area contributed by atoms with E-state index in [9.17, 15) is 0 Å². The number of benzene rings is 2. The lowest BCUT2D eigenvalue weighted by molar-refractivity contribution is 0.418. The molecule has 2 aromatic rings. The number of fused-ring (bicyclic) bond motifs is 1. The van der Waals surface area contributed by atoms with Gasteiger partial charge < -0.3 is 4.74 Å². The van der Waals surface area contributed by atoms with E-state index >= 15 is 0 Å². The zero-order chi connectivity index (χ0) is 24.6. The molecule has 2 rings (SSSR count). The van der Waals surface area contributed by atoms with Crippen molar-refractivity contribution in [1.29, 1.82) is 0 Å². The van der Waals surface area contributed by atoms with E-state index in [1.807, 2.05) is 7.11 Å². The fraction of sp³-hybridized carbons (Fsp3) is 0.655. The van der Waals surface area contributed by atoms with Crippen molar-refractivity contribution in [2.24, 2.45) is 0 Å². The van der Waals surface area contributed by atoms with Crippen molar-refractivity contribution in [2.75, 3.05) is 7.11 Å². The van der Waals surface area contributed by atoms with Crippen molar-refractivity contribution in [2.45, 2.75) is 116 Å². The maximum absolute atomic E-state index is 6.34. The Morgan fingerprint density at radius 1 is 0.562 bits per heavy atom. The summed E-state index contributed by atoms with van der Waals surface area (Å²) in [6.45, 7) is 29.6. The van der Waals surface area contributed by atoms with Crippen LogP contribution in [0.1, 0.15) is 83.1 Å². The molecule has 0 unspecified atom stereocenters. The Morgan fingerprint density at radius 2 is 0.938 bits per heavy atom. The van der Waals surface area contributed by atoms with Crippen LogP contribution in [0, 0.1) is 0 Å². The molecule has 0 radical (unpaired) electrons.